The Kier molecular flexibility index (Phi) is 5.89. The molecule has 1 aromatic carbocycles. The van der Waals surface area contributed by atoms with E-state index < -0.39 is 9.84 Å². The summed E-state index contributed by atoms with van der Waals surface area (Å²) < 4.78 is 23.6. The van der Waals surface area contributed by atoms with E-state index in [-0.39, 0.29) is 29.2 Å². The molecule has 1 aliphatic rings. The highest BCUT2D eigenvalue weighted by molar-refractivity contribution is 8.00. The van der Waals surface area contributed by atoms with E-state index in [2.05, 4.69) is 15.3 Å². The van der Waals surface area contributed by atoms with Gasteiger partial charge in [0.2, 0.25) is 5.91 Å². The molecule has 0 radical (unpaired) electrons. The van der Waals surface area contributed by atoms with Crippen LogP contribution in [0.15, 0.2) is 47.1 Å². The number of carbonyl (C=O) groups is 1. The Hall–Kier alpha value is -1.97. The number of thioether (sulfide) groups is 1. The van der Waals surface area contributed by atoms with Gasteiger partial charge in [-0.3, -0.25) is 4.79 Å². The molecule has 3 heterocycles. The first-order valence-electron chi connectivity index (χ1n) is 9.39. The zero-order valence-corrected chi connectivity index (χ0v) is 18.4. The molecule has 2 aromatic heterocycles. The molecule has 0 N–H and O–H groups in total. The fourth-order valence-corrected chi connectivity index (χ4v) is 7.27. The van der Waals surface area contributed by atoms with E-state index in [1.165, 1.54) is 18.1 Å². The van der Waals surface area contributed by atoms with Gasteiger partial charge in [-0.1, -0.05) is 42.1 Å². The smallest absolute Gasteiger partial charge is 0.233 e. The Bertz CT molecular complexity index is 1130. The van der Waals surface area contributed by atoms with Crippen molar-refractivity contribution in [1.29, 1.82) is 0 Å². The van der Waals surface area contributed by atoms with E-state index in [9.17, 15) is 13.2 Å². The normalized spacial score (nSPS) is 18.2. The molecular formula is C20H21N3O3S3. The van der Waals surface area contributed by atoms with Crippen molar-refractivity contribution in [2.75, 3.05) is 23.8 Å². The maximum Gasteiger partial charge on any atom is 0.233 e. The lowest BCUT2D eigenvalue weighted by Gasteiger charge is -2.26. The quantitative estimate of drug-likeness (QED) is 0.425. The lowest BCUT2D eigenvalue weighted by molar-refractivity contribution is -0.129. The number of nitrogens with zero attached hydrogens (tertiary/aromatic N) is 3. The van der Waals surface area contributed by atoms with Gasteiger partial charge >= 0.3 is 0 Å². The third-order valence-electron chi connectivity index (χ3n) is 5.06. The van der Waals surface area contributed by atoms with Crippen LogP contribution in [0.4, 0.5) is 0 Å². The summed E-state index contributed by atoms with van der Waals surface area (Å²) in [5.74, 6) is 0.400. The van der Waals surface area contributed by atoms with Gasteiger partial charge in [0.15, 0.2) is 9.84 Å². The van der Waals surface area contributed by atoms with Crippen LogP contribution in [-0.2, 0) is 14.6 Å². The van der Waals surface area contributed by atoms with Gasteiger partial charge in [-0.15, -0.1) is 11.3 Å². The number of fused-ring (bicyclic) bond motifs is 1. The third-order valence-corrected chi connectivity index (χ3v) is 8.67. The molecule has 0 saturated carbocycles. The highest BCUT2D eigenvalue weighted by atomic mass is 32.2. The molecule has 0 spiro atoms. The first kappa shape index (κ1) is 20.3. The monoisotopic (exact) mass is 447 g/mol. The number of rotatable bonds is 6. The zero-order valence-electron chi connectivity index (χ0n) is 15.9. The van der Waals surface area contributed by atoms with Crippen LogP contribution in [0.5, 0.6) is 0 Å². The lowest BCUT2D eigenvalue weighted by atomic mass is 10.1. The second-order valence-electron chi connectivity index (χ2n) is 6.90. The molecule has 1 aliphatic heterocycles. The molecule has 1 unspecified atom stereocenters. The summed E-state index contributed by atoms with van der Waals surface area (Å²) in [5, 5.41) is 3.81. The van der Waals surface area contributed by atoms with E-state index in [0.29, 0.717) is 13.0 Å². The minimum atomic E-state index is -3.03. The van der Waals surface area contributed by atoms with Crippen molar-refractivity contribution >= 4 is 49.1 Å². The summed E-state index contributed by atoms with van der Waals surface area (Å²) in [5.41, 5.74) is 2.16. The van der Waals surface area contributed by atoms with E-state index in [0.717, 1.165) is 26.4 Å². The molecule has 0 bridgehead atoms. The number of aromatic nitrogens is 2. The number of hydrogen-bond acceptors (Lipinski definition) is 7. The van der Waals surface area contributed by atoms with Crippen LogP contribution in [0.1, 0.15) is 13.3 Å². The van der Waals surface area contributed by atoms with Crippen LogP contribution in [-0.4, -0.2) is 59.0 Å². The summed E-state index contributed by atoms with van der Waals surface area (Å²) in [6, 6.07) is 9.85. The standard InChI is InChI=1S/C20H21N3O3S3/c1-2-23(15-8-9-29(25,26)12-15)17(24)11-28-20-18-16(14-6-4-3-5-7-14)10-27-19(18)21-13-22-20/h3-7,10,13,15H,2,8-9,11-12H2,1H3. The SMILES string of the molecule is CCN(C(=O)CSc1ncnc2scc(-c3ccccc3)c12)C1CCS(=O)(=O)C1. The van der Waals surface area contributed by atoms with Crippen LogP contribution >= 0.6 is 23.1 Å². The van der Waals surface area contributed by atoms with Crippen LogP contribution in [0.2, 0.25) is 0 Å². The number of carbonyl (C=O) groups excluding carboxylic acids is 1. The molecule has 1 saturated heterocycles. The number of amides is 1. The van der Waals surface area contributed by atoms with Gasteiger partial charge in [0.25, 0.3) is 0 Å². The third kappa shape index (κ3) is 4.31. The van der Waals surface area contributed by atoms with Crippen LogP contribution in [0, 0.1) is 0 Å². The second-order valence-corrected chi connectivity index (χ2v) is 11.0. The van der Waals surface area contributed by atoms with Crippen LogP contribution in [0.3, 0.4) is 0 Å². The number of sulfone groups is 1. The van der Waals surface area contributed by atoms with Gasteiger partial charge in [0.1, 0.15) is 16.2 Å². The van der Waals surface area contributed by atoms with Crippen molar-refractivity contribution in [3.05, 3.63) is 42.0 Å². The minimum Gasteiger partial charge on any atom is -0.338 e. The van der Waals surface area contributed by atoms with Crippen molar-refractivity contribution in [3.8, 4) is 11.1 Å². The van der Waals surface area contributed by atoms with E-state index >= 15 is 0 Å². The Labute approximate surface area is 178 Å². The average molecular weight is 448 g/mol. The Balaban J connectivity index is 1.55. The molecule has 0 aliphatic carbocycles. The molecule has 6 nitrogen and oxygen atoms in total. The highest BCUT2D eigenvalue weighted by Crippen LogP contribution is 2.37. The molecule has 1 fully saturated rings. The topological polar surface area (TPSA) is 80.2 Å². The Morgan fingerprint density at radius 2 is 2.07 bits per heavy atom. The summed E-state index contributed by atoms with van der Waals surface area (Å²) in [6.45, 7) is 2.40. The minimum absolute atomic E-state index is 0.0529. The molecule has 4 rings (SSSR count). The van der Waals surface area contributed by atoms with Gasteiger partial charge in [-0.05, 0) is 18.9 Å². The molecular weight excluding hydrogens is 426 g/mol. The molecule has 29 heavy (non-hydrogen) atoms. The summed E-state index contributed by atoms with van der Waals surface area (Å²) in [6.07, 6.45) is 2.05. The van der Waals surface area contributed by atoms with Crippen molar-refractivity contribution in [2.24, 2.45) is 0 Å². The molecule has 1 atom stereocenters. The number of thiophene rings is 1. The second kappa shape index (κ2) is 8.41. The van der Waals surface area contributed by atoms with E-state index in [1.807, 2.05) is 37.3 Å². The molecule has 9 heteroatoms. The maximum atomic E-state index is 12.8. The number of hydrogen-bond donors (Lipinski definition) is 0. The van der Waals surface area contributed by atoms with Crippen LogP contribution < -0.4 is 0 Å². The van der Waals surface area contributed by atoms with Gasteiger partial charge in [-0.25, -0.2) is 18.4 Å². The summed E-state index contributed by atoms with van der Waals surface area (Å²) >= 11 is 2.95. The van der Waals surface area contributed by atoms with Gasteiger partial charge in [-0.2, -0.15) is 0 Å². The predicted octanol–water partition coefficient (Wildman–Crippen LogP) is 3.49. The molecule has 3 aromatic rings. The largest absolute Gasteiger partial charge is 0.338 e. The summed E-state index contributed by atoms with van der Waals surface area (Å²) in [4.78, 5) is 24.2. The van der Waals surface area contributed by atoms with Crippen LogP contribution in [0.25, 0.3) is 21.3 Å². The number of benzene rings is 1. The van der Waals surface area contributed by atoms with E-state index in [4.69, 9.17) is 0 Å². The van der Waals surface area contributed by atoms with Crippen molar-refractivity contribution < 1.29 is 13.2 Å². The average Bonchev–Trinajstić information content (AvgIpc) is 3.31. The van der Waals surface area contributed by atoms with Crippen molar-refractivity contribution in [1.82, 2.24) is 14.9 Å². The first-order chi connectivity index (χ1) is 14.0. The van der Waals surface area contributed by atoms with Gasteiger partial charge < -0.3 is 4.90 Å². The van der Waals surface area contributed by atoms with Crippen molar-refractivity contribution in [2.45, 2.75) is 24.4 Å². The van der Waals surface area contributed by atoms with Gasteiger partial charge in [0, 0.05) is 23.5 Å². The van der Waals surface area contributed by atoms with E-state index in [1.54, 1.807) is 16.2 Å². The first-order valence-corrected chi connectivity index (χ1v) is 13.1. The maximum absolute atomic E-state index is 12.8. The van der Waals surface area contributed by atoms with Crippen molar-refractivity contribution in [3.63, 3.8) is 0 Å². The zero-order chi connectivity index (χ0) is 20.4. The molecule has 1 amide bonds. The lowest BCUT2D eigenvalue weighted by Crippen LogP contribution is -2.41. The van der Waals surface area contributed by atoms with Gasteiger partial charge in [0.05, 0.1) is 22.6 Å². The Morgan fingerprint density at radius 1 is 1.28 bits per heavy atom. The summed E-state index contributed by atoms with van der Waals surface area (Å²) in [7, 11) is -3.03. The highest BCUT2D eigenvalue weighted by Gasteiger charge is 2.33. The fourth-order valence-electron chi connectivity index (χ4n) is 3.66. The Morgan fingerprint density at radius 3 is 2.76 bits per heavy atom. The molecule has 152 valence electrons. The fraction of sp³-hybridized carbons (Fsp3) is 0.350. The predicted molar refractivity (Wildman–Crippen MR) is 118 cm³/mol.